The quantitative estimate of drug-likeness (QED) is 0.801. The van der Waals surface area contributed by atoms with Gasteiger partial charge in [-0.2, -0.15) is 0 Å². The number of anilines is 1. The SMILES string of the molecule is COc1ccc(N2CCC(N)C2)c(F)c1. The smallest absolute Gasteiger partial charge is 0.150 e. The van der Waals surface area contributed by atoms with Crippen LogP contribution >= 0.6 is 0 Å². The molecular formula is C11H15FN2O. The highest BCUT2D eigenvalue weighted by atomic mass is 19.1. The van der Waals surface area contributed by atoms with Gasteiger partial charge in [-0.1, -0.05) is 0 Å². The first-order valence-electron chi connectivity index (χ1n) is 5.05. The van der Waals surface area contributed by atoms with Crippen molar-refractivity contribution in [3.63, 3.8) is 0 Å². The summed E-state index contributed by atoms with van der Waals surface area (Å²) in [6.07, 6.45) is 0.922. The molecule has 1 aromatic rings. The lowest BCUT2D eigenvalue weighted by atomic mass is 10.2. The Kier molecular flexibility index (Phi) is 2.77. The number of benzene rings is 1. The van der Waals surface area contributed by atoms with E-state index in [1.165, 1.54) is 13.2 Å². The highest BCUT2D eigenvalue weighted by molar-refractivity contribution is 5.51. The van der Waals surface area contributed by atoms with Crippen LogP contribution in [0.1, 0.15) is 6.42 Å². The fourth-order valence-electron chi connectivity index (χ4n) is 1.88. The zero-order valence-electron chi connectivity index (χ0n) is 8.74. The van der Waals surface area contributed by atoms with E-state index in [9.17, 15) is 4.39 Å². The van der Waals surface area contributed by atoms with Gasteiger partial charge in [-0.3, -0.25) is 0 Å². The topological polar surface area (TPSA) is 38.5 Å². The number of ether oxygens (including phenoxy) is 1. The van der Waals surface area contributed by atoms with E-state index in [0.29, 0.717) is 11.4 Å². The van der Waals surface area contributed by atoms with Crippen LogP contribution in [-0.4, -0.2) is 26.2 Å². The number of halogens is 1. The van der Waals surface area contributed by atoms with Crippen molar-refractivity contribution in [3.8, 4) is 5.75 Å². The van der Waals surface area contributed by atoms with Gasteiger partial charge in [0.1, 0.15) is 11.6 Å². The fourth-order valence-corrected chi connectivity index (χ4v) is 1.88. The molecule has 1 aliphatic heterocycles. The molecule has 2 rings (SSSR count). The van der Waals surface area contributed by atoms with E-state index >= 15 is 0 Å². The molecule has 1 atom stereocenters. The van der Waals surface area contributed by atoms with E-state index in [1.807, 2.05) is 4.90 Å². The molecule has 1 unspecified atom stereocenters. The lowest BCUT2D eigenvalue weighted by Gasteiger charge is -2.19. The van der Waals surface area contributed by atoms with Gasteiger partial charge >= 0.3 is 0 Å². The molecule has 0 aromatic heterocycles. The third-order valence-electron chi connectivity index (χ3n) is 2.72. The van der Waals surface area contributed by atoms with Crippen molar-refractivity contribution in [2.75, 3.05) is 25.1 Å². The van der Waals surface area contributed by atoms with Crippen molar-refractivity contribution in [1.29, 1.82) is 0 Å². The van der Waals surface area contributed by atoms with E-state index in [1.54, 1.807) is 12.1 Å². The van der Waals surface area contributed by atoms with Crippen molar-refractivity contribution < 1.29 is 9.13 Å². The molecule has 1 aromatic carbocycles. The van der Waals surface area contributed by atoms with Crippen molar-refractivity contribution in [1.82, 2.24) is 0 Å². The summed E-state index contributed by atoms with van der Waals surface area (Å²) in [7, 11) is 1.53. The Bertz CT molecular complexity index is 356. The molecule has 4 heteroatoms. The van der Waals surface area contributed by atoms with Gasteiger partial charge in [0.05, 0.1) is 12.8 Å². The van der Waals surface area contributed by atoms with Gasteiger partial charge in [0.25, 0.3) is 0 Å². The highest BCUT2D eigenvalue weighted by Crippen LogP contribution is 2.26. The number of hydrogen-bond donors (Lipinski definition) is 1. The maximum absolute atomic E-state index is 13.7. The minimum atomic E-state index is -0.247. The number of methoxy groups -OCH3 is 1. The van der Waals surface area contributed by atoms with Gasteiger partial charge < -0.3 is 15.4 Å². The molecule has 0 aliphatic carbocycles. The molecule has 15 heavy (non-hydrogen) atoms. The summed E-state index contributed by atoms with van der Waals surface area (Å²) in [6.45, 7) is 1.55. The van der Waals surface area contributed by atoms with E-state index in [4.69, 9.17) is 10.5 Å². The first kappa shape index (κ1) is 10.2. The van der Waals surface area contributed by atoms with Crippen LogP contribution in [0.5, 0.6) is 5.75 Å². The minimum absolute atomic E-state index is 0.159. The molecule has 1 aliphatic rings. The summed E-state index contributed by atoms with van der Waals surface area (Å²) < 4.78 is 18.6. The van der Waals surface area contributed by atoms with E-state index in [2.05, 4.69) is 0 Å². The Morgan fingerprint density at radius 3 is 2.87 bits per heavy atom. The second-order valence-electron chi connectivity index (χ2n) is 3.81. The zero-order chi connectivity index (χ0) is 10.8. The molecule has 2 N–H and O–H groups in total. The van der Waals surface area contributed by atoms with Gasteiger partial charge in [-0.05, 0) is 18.6 Å². The normalized spacial score (nSPS) is 20.7. The molecule has 82 valence electrons. The van der Waals surface area contributed by atoms with Crippen LogP contribution in [0.4, 0.5) is 10.1 Å². The number of hydrogen-bond acceptors (Lipinski definition) is 3. The van der Waals surface area contributed by atoms with Gasteiger partial charge in [-0.15, -0.1) is 0 Å². The molecule has 0 bridgehead atoms. The summed E-state index contributed by atoms with van der Waals surface area (Å²) in [6, 6.07) is 5.07. The number of nitrogens with two attached hydrogens (primary N) is 1. The molecule has 0 saturated carbocycles. The Labute approximate surface area is 88.6 Å². The maximum atomic E-state index is 13.7. The molecule has 1 fully saturated rings. The second-order valence-corrected chi connectivity index (χ2v) is 3.81. The first-order chi connectivity index (χ1) is 7.20. The summed E-state index contributed by atoms with van der Waals surface area (Å²) >= 11 is 0. The van der Waals surface area contributed by atoms with Crippen LogP contribution in [0.3, 0.4) is 0 Å². The van der Waals surface area contributed by atoms with E-state index in [-0.39, 0.29) is 11.9 Å². The Hall–Kier alpha value is -1.29. The molecule has 1 heterocycles. The Balaban J connectivity index is 2.21. The van der Waals surface area contributed by atoms with Crippen LogP contribution in [-0.2, 0) is 0 Å². The minimum Gasteiger partial charge on any atom is -0.497 e. The first-order valence-corrected chi connectivity index (χ1v) is 5.05. The summed E-state index contributed by atoms with van der Waals surface area (Å²) in [5.74, 6) is 0.295. The lowest BCUT2D eigenvalue weighted by Crippen LogP contribution is -2.26. The van der Waals surface area contributed by atoms with Crippen molar-refractivity contribution in [2.24, 2.45) is 5.73 Å². The highest BCUT2D eigenvalue weighted by Gasteiger charge is 2.21. The standard InChI is InChI=1S/C11H15FN2O/c1-15-9-2-3-11(10(12)6-9)14-5-4-8(13)7-14/h2-3,6,8H,4-5,7,13H2,1H3. The zero-order valence-corrected chi connectivity index (χ0v) is 8.74. The lowest BCUT2D eigenvalue weighted by molar-refractivity contribution is 0.411. The summed E-state index contributed by atoms with van der Waals surface area (Å²) in [5, 5.41) is 0. The van der Waals surface area contributed by atoms with Crippen LogP contribution in [0.15, 0.2) is 18.2 Å². The van der Waals surface area contributed by atoms with Gasteiger partial charge in [0.2, 0.25) is 0 Å². The van der Waals surface area contributed by atoms with Crippen molar-refractivity contribution >= 4 is 5.69 Å². The average molecular weight is 210 g/mol. The molecule has 0 spiro atoms. The second kappa shape index (κ2) is 4.06. The van der Waals surface area contributed by atoms with Gasteiger partial charge in [-0.25, -0.2) is 4.39 Å². The van der Waals surface area contributed by atoms with Crippen LogP contribution in [0.25, 0.3) is 0 Å². The largest absolute Gasteiger partial charge is 0.497 e. The number of nitrogens with zero attached hydrogens (tertiary/aromatic N) is 1. The van der Waals surface area contributed by atoms with Gasteiger partial charge in [0, 0.05) is 25.2 Å². The van der Waals surface area contributed by atoms with E-state index < -0.39 is 0 Å². The fraction of sp³-hybridized carbons (Fsp3) is 0.455. The Morgan fingerprint density at radius 2 is 2.33 bits per heavy atom. The van der Waals surface area contributed by atoms with Crippen LogP contribution in [0, 0.1) is 5.82 Å². The molecule has 0 radical (unpaired) electrons. The van der Waals surface area contributed by atoms with Crippen molar-refractivity contribution in [2.45, 2.75) is 12.5 Å². The predicted octanol–water partition coefficient (Wildman–Crippen LogP) is 1.37. The molecular weight excluding hydrogens is 195 g/mol. The van der Waals surface area contributed by atoms with Crippen molar-refractivity contribution in [3.05, 3.63) is 24.0 Å². The third kappa shape index (κ3) is 2.04. The van der Waals surface area contributed by atoms with E-state index in [0.717, 1.165) is 19.5 Å². The monoisotopic (exact) mass is 210 g/mol. The Morgan fingerprint density at radius 1 is 1.53 bits per heavy atom. The predicted molar refractivity (Wildman–Crippen MR) is 57.8 cm³/mol. The summed E-state index contributed by atoms with van der Waals surface area (Å²) in [4.78, 5) is 1.97. The molecule has 3 nitrogen and oxygen atoms in total. The molecule has 0 amide bonds. The number of rotatable bonds is 2. The third-order valence-corrected chi connectivity index (χ3v) is 2.72. The van der Waals surface area contributed by atoms with Crippen LogP contribution < -0.4 is 15.4 Å². The molecule has 1 saturated heterocycles. The summed E-state index contributed by atoms with van der Waals surface area (Å²) in [5.41, 5.74) is 6.39. The van der Waals surface area contributed by atoms with Gasteiger partial charge in [0.15, 0.2) is 0 Å². The maximum Gasteiger partial charge on any atom is 0.150 e. The van der Waals surface area contributed by atoms with Crippen LogP contribution in [0.2, 0.25) is 0 Å². The average Bonchev–Trinajstić information content (AvgIpc) is 2.64.